The van der Waals surface area contributed by atoms with Crippen molar-refractivity contribution in [1.82, 2.24) is 0 Å². The standard InChI is InChI=1S/C16H18F2O4/c1-9(2)8-22-15(20)16(14(17)18)7-10-4-5-11(21-3)6-12(10)13(16)19/h4-6,9,14H,7-8H2,1-3H3. The number of hydrogen-bond acceptors (Lipinski definition) is 4. The van der Waals surface area contributed by atoms with Gasteiger partial charge in [0.1, 0.15) is 5.75 Å². The number of methoxy groups -OCH3 is 1. The van der Waals surface area contributed by atoms with E-state index in [-0.39, 0.29) is 24.5 Å². The molecule has 120 valence electrons. The average molecular weight is 312 g/mol. The van der Waals surface area contributed by atoms with Gasteiger partial charge in [-0.3, -0.25) is 9.59 Å². The van der Waals surface area contributed by atoms with Crippen LogP contribution in [0.25, 0.3) is 0 Å². The summed E-state index contributed by atoms with van der Waals surface area (Å²) in [6.45, 7) is 3.58. The molecule has 2 rings (SSSR count). The number of fused-ring (bicyclic) bond motifs is 1. The number of benzene rings is 1. The summed E-state index contributed by atoms with van der Waals surface area (Å²) in [7, 11) is 1.42. The molecule has 0 spiro atoms. The highest BCUT2D eigenvalue weighted by Gasteiger charge is 2.59. The fourth-order valence-corrected chi connectivity index (χ4v) is 2.47. The van der Waals surface area contributed by atoms with Crippen molar-refractivity contribution < 1.29 is 27.8 Å². The third-order valence-electron chi connectivity index (χ3n) is 3.72. The van der Waals surface area contributed by atoms with Gasteiger partial charge < -0.3 is 9.47 Å². The van der Waals surface area contributed by atoms with Crippen molar-refractivity contribution in [2.45, 2.75) is 26.7 Å². The van der Waals surface area contributed by atoms with Gasteiger partial charge in [-0.15, -0.1) is 0 Å². The summed E-state index contributed by atoms with van der Waals surface area (Å²) in [5, 5.41) is 0. The highest BCUT2D eigenvalue weighted by molar-refractivity contribution is 6.16. The first-order chi connectivity index (χ1) is 10.3. The minimum atomic E-state index is -3.13. The molecule has 0 saturated heterocycles. The summed E-state index contributed by atoms with van der Waals surface area (Å²) in [5.41, 5.74) is -1.93. The molecule has 4 nitrogen and oxygen atoms in total. The number of halogens is 2. The van der Waals surface area contributed by atoms with Crippen molar-refractivity contribution >= 4 is 11.8 Å². The van der Waals surface area contributed by atoms with Crippen LogP contribution in [-0.4, -0.2) is 31.9 Å². The number of esters is 1. The van der Waals surface area contributed by atoms with Gasteiger partial charge in [0.2, 0.25) is 0 Å². The van der Waals surface area contributed by atoms with Crippen molar-refractivity contribution in [2.75, 3.05) is 13.7 Å². The van der Waals surface area contributed by atoms with Crippen LogP contribution in [0.4, 0.5) is 8.78 Å². The number of carbonyl (C=O) groups excluding carboxylic acids is 2. The van der Waals surface area contributed by atoms with Gasteiger partial charge in [0, 0.05) is 12.0 Å². The minimum Gasteiger partial charge on any atom is -0.497 e. The molecular formula is C16H18F2O4. The van der Waals surface area contributed by atoms with Crippen LogP contribution >= 0.6 is 0 Å². The van der Waals surface area contributed by atoms with E-state index in [1.54, 1.807) is 19.9 Å². The van der Waals surface area contributed by atoms with Crippen LogP contribution < -0.4 is 4.74 Å². The molecule has 1 aliphatic carbocycles. The molecule has 0 amide bonds. The van der Waals surface area contributed by atoms with E-state index in [1.807, 2.05) is 0 Å². The van der Waals surface area contributed by atoms with Gasteiger partial charge >= 0.3 is 5.97 Å². The Balaban J connectivity index is 2.38. The van der Waals surface area contributed by atoms with Crippen LogP contribution in [0.1, 0.15) is 29.8 Å². The van der Waals surface area contributed by atoms with E-state index in [4.69, 9.17) is 9.47 Å². The molecule has 0 aliphatic heterocycles. The molecule has 22 heavy (non-hydrogen) atoms. The predicted molar refractivity (Wildman–Crippen MR) is 75.3 cm³/mol. The number of carbonyl (C=O) groups is 2. The van der Waals surface area contributed by atoms with E-state index >= 15 is 0 Å². The molecule has 0 bridgehead atoms. The van der Waals surface area contributed by atoms with Gasteiger partial charge in [0.05, 0.1) is 13.7 Å². The van der Waals surface area contributed by atoms with Crippen molar-refractivity contribution in [3.63, 3.8) is 0 Å². The van der Waals surface area contributed by atoms with E-state index in [2.05, 4.69) is 0 Å². The first-order valence-corrected chi connectivity index (χ1v) is 7.00. The molecule has 0 radical (unpaired) electrons. The molecule has 0 heterocycles. The van der Waals surface area contributed by atoms with Crippen molar-refractivity contribution in [2.24, 2.45) is 11.3 Å². The SMILES string of the molecule is COc1ccc2c(c1)C(=O)C(C(=O)OCC(C)C)(C(F)F)C2. The zero-order chi connectivity index (χ0) is 16.5. The third kappa shape index (κ3) is 2.58. The van der Waals surface area contributed by atoms with Crippen LogP contribution in [0.3, 0.4) is 0 Å². The smallest absolute Gasteiger partial charge is 0.326 e. The predicted octanol–water partition coefficient (Wildman–Crippen LogP) is 2.88. The lowest BCUT2D eigenvalue weighted by Gasteiger charge is -2.24. The number of alkyl halides is 2. The molecular weight excluding hydrogens is 294 g/mol. The van der Waals surface area contributed by atoms with Crippen LogP contribution in [0.15, 0.2) is 18.2 Å². The van der Waals surface area contributed by atoms with Crippen LogP contribution in [0.2, 0.25) is 0 Å². The summed E-state index contributed by atoms with van der Waals surface area (Å²) < 4.78 is 37.2. The maximum absolute atomic E-state index is 13.6. The second kappa shape index (κ2) is 6.02. The molecule has 1 atom stereocenters. The van der Waals surface area contributed by atoms with Gasteiger partial charge in [0.15, 0.2) is 11.2 Å². The number of ketones is 1. The fraction of sp³-hybridized carbons (Fsp3) is 0.500. The van der Waals surface area contributed by atoms with Gasteiger partial charge in [-0.2, -0.15) is 0 Å². The van der Waals surface area contributed by atoms with E-state index in [0.717, 1.165) is 0 Å². The zero-order valence-electron chi connectivity index (χ0n) is 12.7. The Morgan fingerprint density at radius 2 is 2.05 bits per heavy atom. The van der Waals surface area contributed by atoms with Gasteiger partial charge in [0.25, 0.3) is 6.43 Å². The first-order valence-electron chi connectivity index (χ1n) is 7.00. The number of rotatable bonds is 5. The van der Waals surface area contributed by atoms with E-state index in [0.29, 0.717) is 11.3 Å². The lowest BCUT2D eigenvalue weighted by atomic mass is 9.84. The fourth-order valence-electron chi connectivity index (χ4n) is 2.47. The Bertz CT molecular complexity index is 598. The van der Waals surface area contributed by atoms with Crippen LogP contribution in [0, 0.1) is 11.3 Å². The maximum Gasteiger partial charge on any atom is 0.326 e. The zero-order valence-corrected chi connectivity index (χ0v) is 12.7. The lowest BCUT2D eigenvalue weighted by molar-refractivity contribution is -0.161. The minimum absolute atomic E-state index is 0.000248. The van der Waals surface area contributed by atoms with Crippen molar-refractivity contribution in [3.05, 3.63) is 29.3 Å². The van der Waals surface area contributed by atoms with E-state index in [1.165, 1.54) is 19.2 Å². The average Bonchev–Trinajstić information content (AvgIpc) is 2.78. The molecule has 1 aliphatic rings. The lowest BCUT2D eigenvalue weighted by Crippen LogP contribution is -2.45. The number of Topliss-reactive ketones (excluding diaryl/α,β-unsaturated/α-hetero) is 1. The Hall–Kier alpha value is -1.98. The number of ether oxygens (including phenoxy) is 2. The molecule has 0 saturated carbocycles. The largest absolute Gasteiger partial charge is 0.497 e. The highest BCUT2D eigenvalue weighted by atomic mass is 19.3. The Kier molecular flexibility index (Phi) is 4.49. The van der Waals surface area contributed by atoms with Gasteiger partial charge in [-0.1, -0.05) is 19.9 Å². The molecule has 1 unspecified atom stereocenters. The highest BCUT2D eigenvalue weighted by Crippen LogP contribution is 2.43. The normalized spacial score (nSPS) is 20.4. The maximum atomic E-state index is 13.6. The molecule has 0 aromatic heterocycles. The molecule has 1 aromatic rings. The summed E-state index contributed by atoms with van der Waals surface area (Å²) in [6.07, 6.45) is -3.47. The van der Waals surface area contributed by atoms with E-state index < -0.39 is 23.6 Å². The Morgan fingerprint density at radius 1 is 1.36 bits per heavy atom. The van der Waals surface area contributed by atoms with E-state index in [9.17, 15) is 18.4 Å². The van der Waals surface area contributed by atoms with Gasteiger partial charge in [-0.05, 0) is 23.6 Å². The summed E-state index contributed by atoms with van der Waals surface area (Å²) in [4.78, 5) is 24.7. The quantitative estimate of drug-likeness (QED) is 0.620. The molecule has 0 N–H and O–H groups in total. The third-order valence-corrected chi connectivity index (χ3v) is 3.72. The molecule has 1 aromatic carbocycles. The van der Waals surface area contributed by atoms with Crippen molar-refractivity contribution in [1.29, 1.82) is 0 Å². The van der Waals surface area contributed by atoms with Crippen LogP contribution in [0.5, 0.6) is 5.75 Å². The van der Waals surface area contributed by atoms with Gasteiger partial charge in [-0.25, -0.2) is 8.78 Å². The Morgan fingerprint density at radius 3 is 2.59 bits per heavy atom. The topological polar surface area (TPSA) is 52.6 Å². The first kappa shape index (κ1) is 16.4. The second-order valence-corrected chi connectivity index (χ2v) is 5.79. The summed E-state index contributed by atoms with van der Waals surface area (Å²) in [5.74, 6) is -1.67. The monoisotopic (exact) mass is 312 g/mol. The summed E-state index contributed by atoms with van der Waals surface area (Å²) >= 11 is 0. The summed E-state index contributed by atoms with van der Waals surface area (Å²) in [6, 6.07) is 4.50. The Labute approximate surface area is 127 Å². The van der Waals surface area contributed by atoms with Crippen molar-refractivity contribution in [3.8, 4) is 5.75 Å². The second-order valence-electron chi connectivity index (χ2n) is 5.79. The number of hydrogen-bond donors (Lipinski definition) is 0. The van der Waals surface area contributed by atoms with Crippen LogP contribution in [-0.2, 0) is 16.0 Å². The molecule has 0 fully saturated rings. The molecule has 6 heteroatoms.